The molecule has 1 unspecified atom stereocenters. The van der Waals surface area contributed by atoms with Gasteiger partial charge in [-0.3, -0.25) is 4.68 Å². The van der Waals surface area contributed by atoms with E-state index in [1.54, 1.807) is 0 Å². The highest BCUT2D eigenvalue weighted by Crippen LogP contribution is 2.22. The van der Waals surface area contributed by atoms with Crippen LogP contribution in [-0.4, -0.2) is 16.3 Å². The van der Waals surface area contributed by atoms with E-state index >= 15 is 0 Å². The molecule has 1 aromatic carbocycles. The van der Waals surface area contributed by atoms with Crippen molar-refractivity contribution in [3.05, 3.63) is 53.3 Å². The number of aryl methyl sites for hydroxylation is 2. The summed E-state index contributed by atoms with van der Waals surface area (Å²) in [5.41, 5.74) is 3.83. The van der Waals surface area contributed by atoms with Crippen molar-refractivity contribution >= 4 is 0 Å². The second kappa shape index (κ2) is 6.53. The summed E-state index contributed by atoms with van der Waals surface area (Å²) in [6, 6.07) is 8.90. The molecule has 0 aliphatic heterocycles. The maximum Gasteiger partial charge on any atom is 0.0607 e. The molecule has 0 radical (unpaired) electrons. The van der Waals surface area contributed by atoms with Crippen LogP contribution < -0.4 is 5.32 Å². The van der Waals surface area contributed by atoms with E-state index in [1.807, 2.05) is 10.9 Å². The fraction of sp³-hybridized carbons (Fsp3) is 0.438. The summed E-state index contributed by atoms with van der Waals surface area (Å²) >= 11 is 0. The van der Waals surface area contributed by atoms with Gasteiger partial charge in [0.05, 0.1) is 12.2 Å². The monoisotopic (exact) mass is 257 g/mol. The summed E-state index contributed by atoms with van der Waals surface area (Å²) in [4.78, 5) is 0. The average Bonchev–Trinajstić information content (AvgIpc) is 2.85. The van der Waals surface area contributed by atoms with Gasteiger partial charge in [0.2, 0.25) is 0 Å². The maximum atomic E-state index is 4.43. The van der Waals surface area contributed by atoms with Crippen molar-refractivity contribution < 1.29 is 0 Å². The number of aromatic nitrogens is 2. The van der Waals surface area contributed by atoms with E-state index < -0.39 is 0 Å². The maximum absolute atomic E-state index is 4.43. The van der Waals surface area contributed by atoms with Gasteiger partial charge in [-0.25, -0.2) is 0 Å². The third-order valence-corrected chi connectivity index (χ3v) is 3.22. The van der Waals surface area contributed by atoms with Gasteiger partial charge in [0.25, 0.3) is 0 Å². The molecule has 0 aliphatic carbocycles. The minimum atomic E-state index is 0.232. The van der Waals surface area contributed by atoms with Crippen LogP contribution in [0.5, 0.6) is 0 Å². The van der Waals surface area contributed by atoms with Crippen molar-refractivity contribution in [3.63, 3.8) is 0 Å². The lowest BCUT2D eigenvalue weighted by atomic mass is 10.00. The number of hydrogen-bond donors (Lipinski definition) is 1. The summed E-state index contributed by atoms with van der Waals surface area (Å²) in [5, 5.41) is 7.98. The molecule has 0 saturated heterocycles. The normalized spacial score (nSPS) is 12.6. The van der Waals surface area contributed by atoms with Gasteiger partial charge in [-0.05, 0) is 25.5 Å². The lowest BCUT2D eigenvalue weighted by molar-refractivity contribution is 0.597. The van der Waals surface area contributed by atoms with Crippen LogP contribution in [0.3, 0.4) is 0 Å². The van der Waals surface area contributed by atoms with Crippen LogP contribution in [0, 0.1) is 6.92 Å². The molecule has 102 valence electrons. The van der Waals surface area contributed by atoms with Gasteiger partial charge >= 0.3 is 0 Å². The van der Waals surface area contributed by atoms with Crippen LogP contribution in [0.2, 0.25) is 0 Å². The van der Waals surface area contributed by atoms with Gasteiger partial charge in [0, 0.05) is 18.3 Å². The molecular weight excluding hydrogens is 234 g/mol. The molecule has 2 rings (SSSR count). The Hall–Kier alpha value is -1.61. The van der Waals surface area contributed by atoms with E-state index in [9.17, 15) is 0 Å². The molecule has 0 bridgehead atoms. The highest BCUT2D eigenvalue weighted by atomic mass is 15.3. The van der Waals surface area contributed by atoms with Crippen molar-refractivity contribution in [3.8, 4) is 0 Å². The highest BCUT2D eigenvalue weighted by molar-refractivity contribution is 5.32. The van der Waals surface area contributed by atoms with Crippen LogP contribution in [0.4, 0.5) is 0 Å². The van der Waals surface area contributed by atoms with E-state index in [4.69, 9.17) is 0 Å². The minimum Gasteiger partial charge on any atom is -0.306 e. The topological polar surface area (TPSA) is 29.9 Å². The molecule has 1 N–H and O–H groups in total. The van der Waals surface area contributed by atoms with Crippen molar-refractivity contribution in [2.45, 2.75) is 39.8 Å². The van der Waals surface area contributed by atoms with E-state index in [2.05, 4.69) is 61.6 Å². The Morgan fingerprint density at radius 1 is 1.26 bits per heavy atom. The molecule has 0 fully saturated rings. The van der Waals surface area contributed by atoms with Crippen molar-refractivity contribution in [1.29, 1.82) is 0 Å². The zero-order valence-corrected chi connectivity index (χ0v) is 12.1. The first kappa shape index (κ1) is 13.8. The van der Waals surface area contributed by atoms with E-state index in [0.29, 0.717) is 0 Å². The van der Waals surface area contributed by atoms with Gasteiger partial charge < -0.3 is 5.32 Å². The second-order valence-corrected chi connectivity index (χ2v) is 4.94. The molecule has 2 aromatic rings. The first-order chi connectivity index (χ1) is 9.24. The first-order valence-corrected chi connectivity index (χ1v) is 7.07. The SMILES string of the molecule is CCCn1cc(C(NCC)c2cccc(C)c2)cn1. The quantitative estimate of drug-likeness (QED) is 0.860. The summed E-state index contributed by atoms with van der Waals surface area (Å²) in [6.45, 7) is 8.36. The highest BCUT2D eigenvalue weighted by Gasteiger charge is 2.14. The minimum absolute atomic E-state index is 0.232. The van der Waals surface area contributed by atoms with E-state index in [-0.39, 0.29) is 6.04 Å². The van der Waals surface area contributed by atoms with Crippen LogP contribution in [0.1, 0.15) is 43.0 Å². The Labute approximate surface area is 115 Å². The molecule has 19 heavy (non-hydrogen) atoms. The number of nitrogens with one attached hydrogen (secondary N) is 1. The Balaban J connectivity index is 2.28. The van der Waals surface area contributed by atoms with Gasteiger partial charge in [0.1, 0.15) is 0 Å². The average molecular weight is 257 g/mol. The van der Waals surface area contributed by atoms with Crippen LogP contribution >= 0.6 is 0 Å². The summed E-state index contributed by atoms with van der Waals surface area (Å²) in [6.07, 6.45) is 5.24. The van der Waals surface area contributed by atoms with Crippen LogP contribution in [0.25, 0.3) is 0 Å². The Kier molecular flexibility index (Phi) is 4.74. The molecule has 0 amide bonds. The van der Waals surface area contributed by atoms with E-state index in [1.165, 1.54) is 16.7 Å². The fourth-order valence-electron chi connectivity index (χ4n) is 2.36. The number of hydrogen-bond acceptors (Lipinski definition) is 2. The van der Waals surface area contributed by atoms with Crippen LogP contribution in [0.15, 0.2) is 36.7 Å². The van der Waals surface area contributed by atoms with Gasteiger partial charge in [-0.2, -0.15) is 5.10 Å². The van der Waals surface area contributed by atoms with Crippen molar-refractivity contribution in [1.82, 2.24) is 15.1 Å². The Bertz CT molecular complexity index is 516. The second-order valence-electron chi connectivity index (χ2n) is 4.94. The summed E-state index contributed by atoms with van der Waals surface area (Å²) in [5.74, 6) is 0. The molecule has 0 aliphatic rings. The predicted octanol–water partition coefficient (Wildman–Crippen LogP) is 3.30. The fourth-order valence-corrected chi connectivity index (χ4v) is 2.36. The molecule has 0 spiro atoms. The molecule has 1 atom stereocenters. The number of rotatable bonds is 6. The lowest BCUT2D eigenvalue weighted by Crippen LogP contribution is -2.21. The van der Waals surface area contributed by atoms with E-state index in [0.717, 1.165) is 19.5 Å². The van der Waals surface area contributed by atoms with Crippen molar-refractivity contribution in [2.75, 3.05) is 6.54 Å². The zero-order chi connectivity index (χ0) is 13.7. The zero-order valence-electron chi connectivity index (χ0n) is 12.1. The van der Waals surface area contributed by atoms with Gasteiger partial charge in [-0.1, -0.05) is 43.7 Å². The van der Waals surface area contributed by atoms with Crippen molar-refractivity contribution in [2.24, 2.45) is 0 Å². The number of benzene rings is 1. The molecular formula is C16H23N3. The van der Waals surface area contributed by atoms with Gasteiger partial charge in [-0.15, -0.1) is 0 Å². The molecule has 1 heterocycles. The lowest BCUT2D eigenvalue weighted by Gasteiger charge is -2.17. The largest absolute Gasteiger partial charge is 0.306 e. The van der Waals surface area contributed by atoms with Gasteiger partial charge in [0.15, 0.2) is 0 Å². The Morgan fingerprint density at radius 2 is 2.11 bits per heavy atom. The smallest absolute Gasteiger partial charge is 0.0607 e. The molecule has 0 saturated carbocycles. The first-order valence-electron chi connectivity index (χ1n) is 7.07. The third kappa shape index (κ3) is 3.44. The standard InChI is InChI=1S/C16H23N3/c1-4-9-19-12-15(11-18-19)16(17-5-2)14-8-6-7-13(3)10-14/h6-8,10-12,16-17H,4-5,9H2,1-3H3. The number of nitrogens with zero attached hydrogens (tertiary/aromatic N) is 2. The summed E-state index contributed by atoms with van der Waals surface area (Å²) < 4.78 is 2.02. The molecule has 1 aromatic heterocycles. The third-order valence-electron chi connectivity index (χ3n) is 3.22. The summed E-state index contributed by atoms with van der Waals surface area (Å²) in [7, 11) is 0. The predicted molar refractivity (Wildman–Crippen MR) is 79.2 cm³/mol. The molecule has 3 nitrogen and oxygen atoms in total. The Morgan fingerprint density at radius 3 is 2.79 bits per heavy atom. The molecule has 3 heteroatoms. The van der Waals surface area contributed by atoms with Crippen LogP contribution in [-0.2, 0) is 6.54 Å².